The van der Waals surface area contributed by atoms with Gasteiger partial charge in [0.25, 0.3) is 0 Å². The summed E-state index contributed by atoms with van der Waals surface area (Å²) in [5.74, 6) is -0.0709. The first kappa shape index (κ1) is 21.0. The van der Waals surface area contributed by atoms with E-state index >= 15 is 0 Å². The highest BCUT2D eigenvalue weighted by atomic mass is 16.3. The molecule has 6 heteroatoms. The number of anilines is 2. The fourth-order valence-electron chi connectivity index (χ4n) is 2.36. The Balaban J connectivity index is 2.90. The molecule has 1 aromatic rings. The standard InChI is InChI=1S/C19H31N3O3/c1-6-17(24)20-15-9-8-14(2)16(12-15)21-18(25)22(10-7-11-23)13-19(3,4)5/h8-9,12,23H,6-7,10-11,13H2,1-5H3,(H,20,24)(H,21,25). The second-order valence-electron chi connectivity index (χ2n) is 7.42. The van der Waals surface area contributed by atoms with Crippen molar-refractivity contribution in [3.05, 3.63) is 23.8 Å². The van der Waals surface area contributed by atoms with Crippen molar-refractivity contribution in [2.45, 2.75) is 47.5 Å². The van der Waals surface area contributed by atoms with Crippen molar-refractivity contribution in [2.75, 3.05) is 30.3 Å². The van der Waals surface area contributed by atoms with Crippen molar-refractivity contribution in [2.24, 2.45) is 5.41 Å². The first-order chi connectivity index (χ1) is 11.7. The van der Waals surface area contributed by atoms with Gasteiger partial charge in [0.1, 0.15) is 0 Å². The van der Waals surface area contributed by atoms with Gasteiger partial charge in [-0.15, -0.1) is 0 Å². The lowest BCUT2D eigenvalue weighted by atomic mass is 9.96. The summed E-state index contributed by atoms with van der Waals surface area (Å²) in [5.41, 5.74) is 2.20. The minimum absolute atomic E-state index is 0.0429. The van der Waals surface area contributed by atoms with E-state index in [1.165, 1.54) is 0 Å². The Bertz CT molecular complexity index is 594. The number of hydrogen-bond donors (Lipinski definition) is 3. The zero-order valence-corrected chi connectivity index (χ0v) is 16.0. The molecule has 3 N–H and O–H groups in total. The fraction of sp³-hybridized carbons (Fsp3) is 0.579. The van der Waals surface area contributed by atoms with Gasteiger partial charge in [-0.3, -0.25) is 4.79 Å². The molecule has 0 spiro atoms. The minimum atomic E-state index is -0.203. The molecule has 0 atom stereocenters. The quantitative estimate of drug-likeness (QED) is 0.703. The number of nitrogens with one attached hydrogen (secondary N) is 2. The van der Waals surface area contributed by atoms with Gasteiger partial charge < -0.3 is 20.6 Å². The molecule has 0 aliphatic rings. The Morgan fingerprint density at radius 2 is 1.88 bits per heavy atom. The van der Waals surface area contributed by atoms with Crippen LogP contribution in [0.2, 0.25) is 0 Å². The highest BCUT2D eigenvalue weighted by Gasteiger charge is 2.21. The van der Waals surface area contributed by atoms with E-state index in [9.17, 15) is 9.59 Å². The van der Waals surface area contributed by atoms with Crippen LogP contribution in [0.4, 0.5) is 16.2 Å². The third-order valence-corrected chi connectivity index (χ3v) is 3.62. The van der Waals surface area contributed by atoms with E-state index in [2.05, 4.69) is 31.4 Å². The van der Waals surface area contributed by atoms with Crippen molar-refractivity contribution in [1.82, 2.24) is 4.90 Å². The van der Waals surface area contributed by atoms with E-state index in [1.807, 2.05) is 19.1 Å². The van der Waals surface area contributed by atoms with E-state index in [0.29, 0.717) is 37.3 Å². The molecular formula is C19H31N3O3. The van der Waals surface area contributed by atoms with Crippen molar-refractivity contribution >= 4 is 23.3 Å². The summed E-state index contributed by atoms with van der Waals surface area (Å²) in [5, 5.41) is 14.8. The number of aryl methyl sites for hydroxylation is 1. The van der Waals surface area contributed by atoms with Crippen molar-refractivity contribution in [3.8, 4) is 0 Å². The van der Waals surface area contributed by atoms with Crippen molar-refractivity contribution in [1.29, 1.82) is 0 Å². The van der Waals surface area contributed by atoms with Gasteiger partial charge >= 0.3 is 6.03 Å². The van der Waals surface area contributed by atoms with Crippen molar-refractivity contribution < 1.29 is 14.7 Å². The lowest BCUT2D eigenvalue weighted by Gasteiger charge is -2.30. The predicted molar refractivity (Wildman–Crippen MR) is 102 cm³/mol. The number of aliphatic hydroxyl groups excluding tert-OH is 1. The molecular weight excluding hydrogens is 318 g/mol. The van der Waals surface area contributed by atoms with Gasteiger partial charge in [0.2, 0.25) is 5.91 Å². The van der Waals surface area contributed by atoms with Crippen LogP contribution in [0.5, 0.6) is 0 Å². The second-order valence-corrected chi connectivity index (χ2v) is 7.42. The lowest BCUT2D eigenvalue weighted by molar-refractivity contribution is -0.115. The van der Waals surface area contributed by atoms with Gasteiger partial charge in [-0.2, -0.15) is 0 Å². The predicted octanol–water partition coefficient (Wildman–Crippen LogP) is 3.61. The number of carbonyl (C=O) groups is 2. The third-order valence-electron chi connectivity index (χ3n) is 3.62. The van der Waals surface area contributed by atoms with Gasteiger partial charge in [-0.05, 0) is 36.5 Å². The molecule has 140 valence electrons. The van der Waals surface area contributed by atoms with E-state index in [0.717, 1.165) is 5.56 Å². The largest absolute Gasteiger partial charge is 0.396 e. The van der Waals surface area contributed by atoms with Crippen molar-refractivity contribution in [3.63, 3.8) is 0 Å². The Morgan fingerprint density at radius 3 is 2.44 bits per heavy atom. The number of rotatable bonds is 7. The van der Waals surface area contributed by atoms with Gasteiger partial charge in [0.05, 0.1) is 0 Å². The molecule has 1 rings (SSSR count). The molecule has 25 heavy (non-hydrogen) atoms. The van der Waals surface area contributed by atoms with Crippen LogP contribution in [0.1, 0.15) is 46.1 Å². The van der Waals surface area contributed by atoms with E-state index in [-0.39, 0.29) is 24.0 Å². The topological polar surface area (TPSA) is 81.7 Å². The Kier molecular flexibility index (Phi) is 7.90. The van der Waals surface area contributed by atoms with Crippen LogP contribution >= 0.6 is 0 Å². The zero-order chi connectivity index (χ0) is 19.0. The molecule has 0 heterocycles. The maximum Gasteiger partial charge on any atom is 0.321 e. The second kappa shape index (κ2) is 9.42. The van der Waals surface area contributed by atoms with E-state index in [1.54, 1.807) is 17.9 Å². The number of nitrogens with zero attached hydrogens (tertiary/aromatic N) is 1. The first-order valence-corrected chi connectivity index (χ1v) is 8.73. The summed E-state index contributed by atoms with van der Waals surface area (Å²) in [6.45, 7) is 11.0. The van der Waals surface area contributed by atoms with Gasteiger partial charge in [-0.25, -0.2) is 4.79 Å². The molecule has 6 nitrogen and oxygen atoms in total. The molecule has 1 aromatic carbocycles. The summed E-state index contributed by atoms with van der Waals surface area (Å²) in [6.07, 6.45) is 0.936. The van der Waals surface area contributed by atoms with Crippen LogP contribution in [0, 0.1) is 12.3 Å². The first-order valence-electron chi connectivity index (χ1n) is 8.73. The summed E-state index contributed by atoms with van der Waals surface area (Å²) < 4.78 is 0. The van der Waals surface area contributed by atoms with Crippen LogP contribution in [0.3, 0.4) is 0 Å². The van der Waals surface area contributed by atoms with Crippen LogP contribution in [0.15, 0.2) is 18.2 Å². The molecule has 3 amide bonds. The number of carbonyl (C=O) groups excluding carboxylic acids is 2. The molecule has 0 unspecified atom stereocenters. The smallest absolute Gasteiger partial charge is 0.321 e. The normalized spacial score (nSPS) is 11.1. The molecule has 0 fully saturated rings. The number of hydrogen-bond acceptors (Lipinski definition) is 3. The average molecular weight is 349 g/mol. The Hall–Kier alpha value is -2.08. The zero-order valence-electron chi connectivity index (χ0n) is 16.0. The summed E-state index contributed by atoms with van der Waals surface area (Å²) in [4.78, 5) is 26.0. The monoisotopic (exact) mass is 349 g/mol. The maximum absolute atomic E-state index is 12.7. The number of amides is 3. The summed E-state index contributed by atoms with van der Waals surface area (Å²) >= 11 is 0. The molecule has 0 radical (unpaired) electrons. The Labute approximate surface area is 150 Å². The molecule has 0 aliphatic heterocycles. The Morgan fingerprint density at radius 1 is 1.20 bits per heavy atom. The van der Waals surface area contributed by atoms with Crippen LogP contribution < -0.4 is 10.6 Å². The van der Waals surface area contributed by atoms with Crippen LogP contribution in [-0.4, -0.2) is 41.6 Å². The van der Waals surface area contributed by atoms with E-state index < -0.39 is 0 Å². The molecule has 0 bridgehead atoms. The summed E-state index contributed by atoms with van der Waals surface area (Å²) in [6, 6.07) is 5.24. The SMILES string of the molecule is CCC(=O)Nc1ccc(C)c(NC(=O)N(CCCO)CC(C)(C)C)c1. The van der Waals surface area contributed by atoms with Gasteiger partial charge in [0.15, 0.2) is 0 Å². The molecule has 0 aliphatic carbocycles. The third kappa shape index (κ3) is 7.56. The molecule has 0 saturated heterocycles. The number of urea groups is 1. The van der Waals surface area contributed by atoms with Crippen LogP contribution in [0.25, 0.3) is 0 Å². The average Bonchev–Trinajstić information content (AvgIpc) is 2.53. The highest BCUT2D eigenvalue weighted by molar-refractivity contribution is 5.94. The number of aliphatic hydroxyl groups is 1. The maximum atomic E-state index is 12.7. The number of benzene rings is 1. The van der Waals surface area contributed by atoms with Gasteiger partial charge in [0, 0.05) is 37.5 Å². The van der Waals surface area contributed by atoms with Crippen LogP contribution in [-0.2, 0) is 4.79 Å². The highest BCUT2D eigenvalue weighted by Crippen LogP contribution is 2.22. The summed E-state index contributed by atoms with van der Waals surface area (Å²) in [7, 11) is 0. The fourth-order valence-corrected chi connectivity index (χ4v) is 2.36. The van der Waals surface area contributed by atoms with Gasteiger partial charge in [-0.1, -0.05) is 33.8 Å². The van der Waals surface area contributed by atoms with E-state index in [4.69, 9.17) is 5.11 Å². The minimum Gasteiger partial charge on any atom is -0.396 e. The lowest BCUT2D eigenvalue weighted by Crippen LogP contribution is -2.41. The molecule has 0 aromatic heterocycles. The molecule has 0 saturated carbocycles.